The van der Waals surface area contributed by atoms with E-state index in [9.17, 15) is 4.79 Å². The van der Waals surface area contributed by atoms with Crippen LogP contribution in [0.4, 0.5) is 0 Å². The quantitative estimate of drug-likeness (QED) is 0.569. The lowest BCUT2D eigenvalue weighted by atomic mass is 10.1. The van der Waals surface area contributed by atoms with Gasteiger partial charge >= 0.3 is 5.63 Å². The van der Waals surface area contributed by atoms with Crippen molar-refractivity contribution in [2.45, 2.75) is 20.0 Å². The molecule has 152 valence electrons. The minimum Gasteiger partial charge on any atom is -0.494 e. The molecule has 1 aliphatic rings. The summed E-state index contributed by atoms with van der Waals surface area (Å²) in [5.41, 5.74) is 2.52. The number of piperazine rings is 1. The molecule has 0 unspecified atom stereocenters. The number of hydrogen-bond acceptors (Lipinski definition) is 5. The number of benzene rings is 2. The summed E-state index contributed by atoms with van der Waals surface area (Å²) in [6.45, 7) is 8.06. The Morgan fingerprint density at radius 2 is 1.76 bits per heavy atom. The molecule has 0 amide bonds. The number of rotatable bonds is 6. The second-order valence-electron chi connectivity index (χ2n) is 7.36. The van der Waals surface area contributed by atoms with E-state index < -0.39 is 0 Å². The Bertz CT molecular complexity index is 1040. The SMILES string of the molecule is CCOc1ccc2oc(=O)cc(CN3CCN(Cc4cccc(Cl)c4)CC3)c2c1. The second kappa shape index (κ2) is 8.99. The summed E-state index contributed by atoms with van der Waals surface area (Å²) >= 11 is 6.10. The van der Waals surface area contributed by atoms with Gasteiger partial charge in [0.2, 0.25) is 0 Å². The molecule has 2 heterocycles. The average molecular weight is 413 g/mol. The molecule has 0 radical (unpaired) electrons. The molecule has 1 aromatic heterocycles. The van der Waals surface area contributed by atoms with Crippen molar-refractivity contribution in [2.75, 3.05) is 32.8 Å². The molecule has 1 fully saturated rings. The van der Waals surface area contributed by atoms with E-state index in [-0.39, 0.29) is 5.63 Å². The van der Waals surface area contributed by atoms with Gasteiger partial charge in [0.1, 0.15) is 11.3 Å². The lowest BCUT2D eigenvalue weighted by Crippen LogP contribution is -2.45. The number of nitrogens with zero attached hydrogens (tertiary/aromatic N) is 2. The van der Waals surface area contributed by atoms with Crippen molar-refractivity contribution >= 4 is 22.6 Å². The van der Waals surface area contributed by atoms with Gasteiger partial charge in [-0.1, -0.05) is 23.7 Å². The average Bonchev–Trinajstić information content (AvgIpc) is 2.70. The second-order valence-corrected chi connectivity index (χ2v) is 7.80. The number of fused-ring (bicyclic) bond motifs is 1. The predicted molar refractivity (Wildman–Crippen MR) is 116 cm³/mol. The van der Waals surface area contributed by atoms with Gasteiger partial charge in [-0.05, 0) is 48.4 Å². The van der Waals surface area contributed by atoms with E-state index in [1.54, 1.807) is 6.07 Å². The molecule has 2 aromatic carbocycles. The Labute approximate surface area is 175 Å². The van der Waals surface area contributed by atoms with Gasteiger partial charge in [0, 0.05) is 55.7 Å². The summed E-state index contributed by atoms with van der Waals surface area (Å²) in [4.78, 5) is 16.8. The van der Waals surface area contributed by atoms with Crippen molar-refractivity contribution < 1.29 is 9.15 Å². The molecule has 1 saturated heterocycles. The molecule has 4 rings (SSSR count). The first-order valence-corrected chi connectivity index (χ1v) is 10.4. The lowest BCUT2D eigenvalue weighted by Gasteiger charge is -2.34. The molecule has 0 atom stereocenters. The summed E-state index contributed by atoms with van der Waals surface area (Å²) in [7, 11) is 0. The molecule has 0 aliphatic carbocycles. The first kappa shape index (κ1) is 20.0. The highest BCUT2D eigenvalue weighted by Gasteiger charge is 2.19. The first-order valence-electron chi connectivity index (χ1n) is 9.99. The molecule has 3 aromatic rings. The first-order chi connectivity index (χ1) is 14.1. The summed E-state index contributed by atoms with van der Waals surface area (Å²) in [6, 6.07) is 15.3. The van der Waals surface area contributed by atoms with E-state index in [1.807, 2.05) is 43.3 Å². The standard InChI is InChI=1S/C23H25ClN2O3/c1-2-28-20-6-7-22-21(14-20)18(13-23(27)29-22)16-26-10-8-25(9-11-26)15-17-4-3-5-19(24)12-17/h3-7,12-14H,2,8-11,15-16H2,1H3. The summed E-state index contributed by atoms with van der Waals surface area (Å²) in [5.74, 6) is 0.793. The van der Waals surface area contributed by atoms with E-state index in [4.69, 9.17) is 20.8 Å². The summed E-state index contributed by atoms with van der Waals surface area (Å²) in [5, 5.41) is 1.72. The van der Waals surface area contributed by atoms with Crippen LogP contribution in [0.2, 0.25) is 5.02 Å². The molecule has 0 N–H and O–H groups in total. The van der Waals surface area contributed by atoms with E-state index in [1.165, 1.54) is 5.56 Å². The third kappa shape index (κ3) is 4.99. The lowest BCUT2D eigenvalue weighted by molar-refractivity contribution is 0.122. The summed E-state index contributed by atoms with van der Waals surface area (Å²) < 4.78 is 11.0. The summed E-state index contributed by atoms with van der Waals surface area (Å²) in [6.07, 6.45) is 0. The Hall–Kier alpha value is -2.34. The topological polar surface area (TPSA) is 45.9 Å². The predicted octanol–water partition coefficient (Wildman–Crippen LogP) is 4.16. The number of hydrogen-bond donors (Lipinski definition) is 0. The highest BCUT2D eigenvalue weighted by Crippen LogP contribution is 2.24. The number of halogens is 1. The Morgan fingerprint density at radius 3 is 2.48 bits per heavy atom. The molecule has 0 spiro atoms. The van der Waals surface area contributed by atoms with Crippen LogP contribution in [-0.4, -0.2) is 42.6 Å². The van der Waals surface area contributed by atoms with Crippen molar-refractivity contribution in [3.05, 3.63) is 75.1 Å². The normalized spacial score (nSPS) is 15.7. The molecule has 1 aliphatic heterocycles. The van der Waals surface area contributed by atoms with Crippen LogP contribution in [0, 0.1) is 0 Å². The van der Waals surface area contributed by atoms with Crippen LogP contribution in [0.25, 0.3) is 11.0 Å². The zero-order chi connectivity index (χ0) is 20.2. The van der Waals surface area contributed by atoms with E-state index in [0.29, 0.717) is 12.2 Å². The van der Waals surface area contributed by atoms with E-state index in [0.717, 1.165) is 61.0 Å². The van der Waals surface area contributed by atoms with Gasteiger partial charge in [0.15, 0.2) is 0 Å². The van der Waals surface area contributed by atoms with Crippen molar-refractivity contribution in [3.63, 3.8) is 0 Å². The monoisotopic (exact) mass is 412 g/mol. The fraction of sp³-hybridized carbons (Fsp3) is 0.348. The zero-order valence-corrected chi connectivity index (χ0v) is 17.3. The van der Waals surface area contributed by atoms with Gasteiger partial charge in [-0.2, -0.15) is 0 Å². The van der Waals surface area contributed by atoms with Gasteiger partial charge in [-0.25, -0.2) is 4.79 Å². The molecule has 29 heavy (non-hydrogen) atoms. The molecular weight excluding hydrogens is 388 g/mol. The van der Waals surface area contributed by atoms with Crippen LogP contribution in [-0.2, 0) is 13.1 Å². The van der Waals surface area contributed by atoms with Crippen LogP contribution in [0.3, 0.4) is 0 Å². The molecule has 6 heteroatoms. The largest absolute Gasteiger partial charge is 0.494 e. The van der Waals surface area contributed by atoms with Crippen molar-refractivity contribution in [3.8, 4) is 5.75 Å². The third-order valence-electron chi connectivity index (χ3n) is 5.26. The minimum absolute atomic E-state index is 0.309. The van der Waals surface area contributed by atoms with Crippen molar-refractivity contribution in [2.24, 2.45) is 0 Å². The smallest absolute Gasteiger partial charge is 0.336 e. The fourth-order valence-corrected chi connectivity index (χ4v) is 4.05. The van der Waals surface area contributed by atoms with Crippen LogP contribution < -0.4 is 10.4 Å². The molecule has 0 bridgehead atoms. The Morgan fingerprint density at radius 1 is 1.00 bits per heavy atom. The third-order valence-corrected chi connectivity index (χ3v) is 5.50. The highest BCUT2D eigenvalue weighted by molar-refractivity contribution is 6.30. The van der Waals surface area contributed by atoms with Crippen molar-refractivity contribution in [1.29, 1.82) is 0 Å². The molecular formula is C23H25ClN2O3. The highest BCUT2D eigenvalue weighted by atomic mass is 35.5. The molecule has 5 nitrogen and oxygen atoms in total. The van der Waals surface area contributed by atoms with Crippen LogP contribution in [0.1, 0.15) is 18.1 Å². The maximum Gasteiger partial charge on any atom is 0.336 e. The van der Waals surface area contributed by atoms with Gasteiger partial charge in [-0.15, -0.1) is 0 Å². The van der Waals surface area contributed by atoms with Gasteiger partial charge in [0.05, 0.1) is 6.61 Å². The molecule has 0 saturated carbocycles. The van der Waals surface area contributed by atoms with Crippen LogP contribution >= 0.6 is 11.6 Å². The van der Waals surface area contributed by atoms with Crippen LogP contribution in [0.5, 0.6) is 5.75 Å². The van der Waals surface area contributed by atoms with Crippen molar-refractivity contribution in [1.82, 2.24) is 9.80 Å². The number of ether oxygens (including phenoxy) is 1. The van der Waals surface area contributed by atoms with Crippen LogP contribution in [0.15, 0.2) is 57.7 Å². The van der Waals surface area contributed by atoms with E-state index >= 15 is 0 Å². The Kier molecular flexibility index (Phi) is 6.19. The maximum atomic E-state index is 12.0. The van der Waals surface area contributed by atoms with Gasteiger partial charge in [0.25, 0.3) is 0 Å². The fourth-order valence-electron chi connectivity index (χ4n) is 3.83. The van der Waals surface area contributed by atoms with Gasteiger partial charge in [-0.3, -0.25) is 9.80 Å². The Balaban J connectivity index is 1.44. The van der Waals surface area contributed by atoms with Gasteiger partial charge < -0.3 is 9.15 Å². The maximum absolute atomic E-state index is 12.0. The minimum atomic E-state index is -0.309. The zero-order valence-electron chi connectivity index (χ0n) is 16.6. The van der Waals surface area contributed by atoms with E-state index in [2.05, 4.69) is 15.9 Å².